The summed E-state index contributed by atoms with van der Waals surface area (Å²) in [6.45, 7) is 11.1. The third-order valence-electron chi connectivity index (χ3n) is 4.33. The SMILES string of the molecule is CC(CNCc1ccco1)N1CC(C)N(C)C(C)C1. The lowest BCUT2D eigenvalue weighted by Gasteiger charge is -2.44. The number of furan rings is 1. The molecule has 4 heteroatoms. The van der Waals surface area contributed by atoms with Gasteiger partial charge in [0.1, 0.15) is 5.76 Å². The van der Waals surface area contributed by atoms with E-state index in [1.165, 1.54) is 0 Å². The maximum Gasteiger partial charge on any atom is 0.117 e. The molecule has 0 aromatic carbocycles. The second kappa shape index (κ2) is 6.55. The molecule has 1 fully saturated rings. The number of nitrogens with one attached hydrogen (secondary N) is 1. The Labute approximate surface area is 116 Å². The van der Waals surface area contributed by atoms with E-state index in [-0.39, 0.29) is 0 Å². The highest BCUT2D eigenvalue weighted by Gasteiger charge is 2.28. The highest BCUT2D eigenvalue weighted by Crippen LogP contribution is 2.15. The average molecular weight is 265 g/mol. The van der Waals surface area contributed by atoms with Crippen LogP contribution in [0.3, 0.4) is 0 Å². The Balaban J connectivity index is 1.75. The number of rotatable bonds is 5. The minimum Gasteiger partial charge on any atom is -0.468 e. The smallest absolute Gasteiger partial charge is 0.117 e. The molecular formula is C15H27N3O. The van der Waals surface area contributed by atoms with Crippen LogP contribution in [0.25, 0.3) is 0 Å². The Morgan fingerprint density at radius 3 is 2.63 bits per heavy atom. The van der Waals surface area contributed by atoms with Gasteiger partial charge in [-0.25, -0.2) is 0 Å². The van der Waals surface area contributed by atoms with Crippen LogP contribution in [0, 0.1) is 0 Å². The number of likely N-dealkylation sites (N-methyl/N-ethyl adjacent to an activating group) is 1. The van der Waals surface area contributed by atoms with E-state index >= 15 is 0 Å². The van der Waals surface area contributed by atoms with Gasteiger partial charge in [0, 0.05) is 37.8 Å². The van der Waals surface area contributed by atoms with Crippen LogP contribution in [0.1, 0.15) is 26.5 Å². The summed E-state index contributed by atoms with van der Waals surface area (Å²) in [6, 6.07) is 5.78. The maximum atomic E-state index is 5.33. The van der Waals surface area contributed by atoms with Crippen LogP contribution in [0.4, 0.5) is 0 Å². The molecule has 1 N–H and O–H groups in total. The van der Waals surface area contributed by atoms with Gasteiger partial charge in [-0.05, 0) is 40.0 Å². The number of hydrogen-bond acceptors (Lipinski definition) is 4. The lowest BCUT2D eigenvalue weighted by atomic mass is 10.1. The number of piperazine rings is 1. The first kappa shape index (κ1) is 14.6. The first-order chi connectivity index (χ1) is 9.08. The van der Waals surface area contributed by atoms with Crippen molar-refractivity contribution in [2.75, 3.05) is 26.7 Å². The molecule has 2 rings (SSSR count). The summed E-state index contributed by atoms with van der Waals surface area (Å²) in [5, 5.41) is 3.48. The molecule has 1 aliphatic rings. The van der Waals surface area contributed by atoms with Gasteiger partial charge in [0.15, 0.2) is 0 Å². The van der Waals surface area contributed by atoms with Crippen LogP contribution in [0.2, 0.25) is 0 Å². The van der Waals surface area contributed by atoms with Crippen molar-refractivity contribution in [2.24, 2.45) is 0 Å². The van der Waals surface area contributed by atoms with Crippen LogP contribution < -0.4 is 5.32 Å². The highest BCUT2D eigenvalue weighted by atomic mass is 16.3. The number of nitrogens with zero attached hydrogens (tertiary/aromatic N) is 2. The zero-order valence-electron chi connectivity index (χ0n) is 12.6. The molecule has 1 aromatic rings. The van der Waals surface area contributed by atoms with Crippen molar-refractivity contribution in [1.29, 1.82) is 0 Å². The summed E-state index contributed by atoms with van der Waals surface area (Å²) in [5.41, 5.74) is 0. The minimum absolute atomic E-state index is 0.563. The summed E-state index contributed by atoms with van der Waals surface area (Å²) < 4.78 is 5.33. The zero-order valence-corrected chi connectivity index (χ0v) is 12.6. The molecule has 0 spiro atoms. The van der Waals surface area contributed by atoms with Crippen molar-refractivity contribution in [3.8, 4) is 0 Å². The molecule has 3 atom stereocenters. The lowest BCUT2D eigenvalue weighted by molar-refractivity contribution is 0.0380. The second-order valence-electron chi connectivity index (χ2n) is 5.88. The molecule has 1 aromatic heterocycles. The Morgan fingerprint density at radius 2 is 2.05 bits per heavy atom. The monoisotopic (exact) mass is 265 g/mol. The summed E-state index contributed by atoms with van der Waals surface area (Å²) in [4.78, 5) is 5.06. The first-order valence-corrected chi connectivity index (χ1v) is 7.27. The molecule has 0 aliphatic carbocycles. The molecule has 108 valence electrons. The van der Waals surface area contributed by atoms with Gasteiger partial charge < -0.3 is 9.73 Å². The van der Waals surface area contributed by atoms with Crippen molar-refractivity contribution < 1.29 is 4.42 Å². The van der Waals surface area contributed by atoms with Gasteiger partial charge >= 0.3 is 0 Å². The first-order valence-electron chi connectivity index (χ1n) is 7.27. The molecule has 0 amide bonds. The van der Waals surface area contributed by atoms with E-state index in [1.54, 1.807) is 6.26 Å². The minimum atomic E-state index is 0.563. The summed E-state index contributed by atoms with van der Waals surface area (Å²) >= 11 is 0. The summed E-state index contributed by atoms with van der Waals surface area (Å²) in [6.07, 6.45) is 1.73. The quantitative estimate of drug-likeness (QED) is 0.879. The molecule has 4 nitrogen and oxygen atoms in total. The summed E-state index contributed by atoms with van der Waals surface area (Å²) in [5.74, 6) is 1.01. The van der Waals surface area contributed by atoms with E-state index in [0.717, 1.165) is 31.9 Å². The Hall–Kier alpha value is -0.840. The van der Waals surface area contributed by atoms with Crippen molar-refractivity contribution in [2.45, 2.75) is 45.4 Å². The van der Waals surface area contributed by atoms with E-state index in [4.69, 9.17) is 4.42 Å². The molecular weight excluding hydrogens is 238 g/mol. The molecule has 19 heavy (non-hydrogen) atoms. The van der Waals surface area contributed by atoms with E-state index in [1.807, 2.05) is 12.1 Å². The zero-order chi connectivity index (χ0) is 13.8. The predicted molar refractivity (Wildman–Crippen MR) is 78.1 cm³/mol. The fourth-order valence-corrected chi connectivity index (χ4v) is 2.75. The van der Waals surface area contributed by atoms with E-state index in [0.29, 0.717) is 18.1 Å². The van der Waals surface area contributed by atoms with Gasteiger partial charge in [0.05, 0.1) is 12.8 Å². The maximum absolute atomic E-state index is 5.33. The van der Waals surface area contributed by atoms with Gasteiger partial charge in [-0.15, -0.1) is 0 Å². The van der Waals surface area contributed by atoms with Crippen LogP contribution in [-0.2, 0) is 6.54 Å². The molecule has 0 saturated carbocycles. The number of hydrogen-bond donors (Lipinski definition) is 1. The van der Waals surface area contributed by atoms with Gasteiger partial charge in [-0.2, -0.15) is 0 Å². The molecule has 3 unspecified atom stereocenters. The van der Waals surface area contributed by atoms with Gasteiger partial charge in [-0.1, -0.05) is 0 Å². The van der Waals surface area contributed by atoms with Crippen molar-refractivity contribution in [1.82, 2.24) is 15.1 Å². The van der Waals surface area contributed by atoms with Gasteiger partial charge in [0.25, 0.3) is 0 Å². The Bertz CT molecular complexity index is 353. The third-order valence-corrected chi connectivity index (χ3v) is 4.33. The Morgan fingerprint density at radius 1 is 1.37 bits per heavy atom. The van der Waals surface area contributed by atoms with Crippen LogP contribution in [0.5, 0.6) is 0 Å². The summed E-state index contributed by atoms with van der Waals surface area (Å²) in [7, 11) is 2.23. The van der Waals surface area contributed by atoms with Crippen LogP contribution in [0.15, 0.2) is 22.8 Å². The van der Waals surface area contributed by atoms with Crippen molar-refractivity contribution in [3.05, 3.63) is 24.2 Å². The predicted octanol–water partition coefficient (Wildman–Crippen LogP) is 1.78. The van der Waals surface area contributed by atoms with Crippen LogP contribution in [-0.4, -0.2) is 54.6 Å². The largest absolute Gasteiger partial charge is 0.468 e. The second-order valence-corrected chi connectivity index (χ2v) is 5.88. The van der Waals surface area contributed by atoms with Crippen LogP contribution >= 0.6 is 0 Å². The van der Waals surface area contributed by atoms with E-state index < -0.39 is 0 Å². The average Bonchev–Trinajstić information content (AvgIpc) is 2.88. The molecule has 2 heterocycles. The fourth-order valence-electron chi connectivity index (χ4n) is 2.75. The standard InChI is InChI=1S/C15H27N3O/c1-12(8-16-9-15-6-5-7-19-15)18-10-13(2)17(4)14(3)11-18/h5-7,12-14,16H,8-11H2,1-4H3. The van der Waals surface area contributed by atoms with Gasteiger partial charge in [0.2, 0.25) is 0 Å². The molecule has 1 saturated heterocycles. The van der Waals surface area contributed by atoms with Crippen molar-refractivity contribution in [3.63, 3.8) is 0 Å². The van der Waals surface area contributed by atoms with Gasteiger partial charge in [-0.3, -0.25) is 9.80 Å². The van der Waals surface area contributed by atoms with Crippen molar-refractivity contribution >= 4 is 0 Å². The Kier molecular flexibility index (Phi) is 5.02. The normalized spacial score (nSPS) is 27.6. The lowest BCUT2D eigenvalue weighted by Crippen LogP contribution is -2.58. The molecule has 0 bridgehead atoms. The van der Waals surface area contributed by atoms with E-state index in [9.17, 15) is 0 Å². The molecule has 1 aliphatic heterocycles. The third kappa shape index (κ3) is 3.81. The molecule has 0 radical (unpaired) electrons. The topological polar surface area (TPSA) is 31.7 Å². The highest BCUT2D eigenvalue weighted by molar-refractivity contribution is 4.97. The fraction of sp³-hybridized carbons (Fsp3) is 0.733. The van der Waals surface area contributed by atoms with E-state index in [2.05, 4.69) is 42.9 Å².